The van der Waals surface area contributed by atoms with Crippen LogP contribution in [0.15, 0.2) is 18.2 Å². The highest BCUT2D eigenvalue weighted by Crippen LogP contribution is 2.29. The highest BCUT2D eigenvalue weighted by Gasteiger charge is 2.26. The van der Waals surface area contributed by atoms with Crippen molar-refractivity contribution in [3.05, 3.63) is 29.3 Å². The first-order valence-electron chi connectivity index (χ1n) is 6.13. The van der Waals surface area contributed by atoms with E-state index < -0.39 is 0 Å². The van der Waals surface area contributed by atoms with Gasteiger partial charge < -0.3 is 16.4 Å². The van der Waals surface area contributed by atoms with Gasteiger partial charge in [0, 0.05) is 37.2 Å². The summed E-state index contributed by atoms with van der Waals surface area (Å²) in [5.41, 5.74) is 9.58. The first-order valence-corrected chi connectivity index (χ1v) is 6.13. The number of benzene rings is 1. The zero-order valence-electron chi connectivity index (χ0n) is 9.70. The molecule has 1 fully saturated rings. The van der Waals surface area contributed by atoms with Crippen molar-refractivity contribution in [1.29, 1.82) is 0 Å². The number of aryl methyl sites for hydroxylation is 1. The van der Waals surface area contributed by atoms with E-state index in [1.165, 1.54) is 11.1 Å². The molecule has 1 unspecified atom stereocenters. The molecule has 1 saturated heterocycles. The van der Waals surface area contributed by atoms with Gasteiger partial charge in [0.25, 0.3) is 0 Å². The SMILES string of the molecule is NC(c1ccc2c(c1)CCC(=O)N2)C1CNC1. The molecule has 0 spiro atoms. The molecule has 3 rings (SSSR count). The van der Waals surface area contributed by atoms with Crippen molar-refractivity contribution in [3.8, 4) is 0 Å². The number of hydrogen-bond donors (Lipinski definition) is 3. The second-order valence-corrected chi connectivity index (χ2v) is 4.91. The molecule has 17 heavy (non-hydrogen) atoms. The third-order valence-corrected chi connectivity index (χ3v) is 3.73. The number of rotatable bonds is 2. The van der Waals surface area contributed by atoms with E-state index in [0.29, 0.717) is 12.3 Å². The lowest BCUT2D eigenvalue weighted by molar-refractivity contribution is -0.116. The van der Waals surface area contributed by atoms with Crippen molar-refractivity contribution < 1.29 is 4.79 Å². The van der Waals surface area contributed by atoms with E-state index in [-0.39, 0.29) is 11.9 Å². The van der Waals surface area contributed by atoms with Gasteiger partial charge in [-0.15, -0.1) is 0 Å². The Morgan fingerprint density at radius 2 is 2.12 bits per heavy atom. The lowest BCUT2D eigenvalue weighted by Crippen LogP contribution is -2.47. The number of carbonyl (C=O) groups excluding carboxylic acids is 1. The van der Waals surface area contributed by atoms with Crippen molar-refractivity contribution in [3.63, 3.8) is 0 Å². The molecule has 2 heterocycles. The van der Waals surface area contributed by atoms with Gasteiger partial charge in [0.05, 0.1) is 0 Å². The van der Waals surface area contributed by atoms with Crippen LogP contribution in [0.3, 0.4) is 0 Å². The Bertz CT molecular complexity index is 454. The van der Waals surface area contributed by atoms with Crippen LogP contribution in [0.25, 0.3) is 0 Å². The fourth-order valence-corrected chi connectivity index (χ4v) is 2.45. The Morgan fingerprint density at radius 1 is 1.29 bits per heavy atom. The smallest absolute Gasteiger partial charge is 0.224 e. The second-order valence-electron chi connectivity index (χ2n) is 4.91. The van der Waals surface area contributed by atoms with Crippen molar-refractivity contribution in [1.82, 2.24) is 5.32 Å². The molecule has 0 radical (unpaired) electrons. The van der Waals surface area contributed by atoms with Crippen LogP contribution in [0.5, 0.6) is 0 Å². The van der Waals surface area contributed by atoms with Crippen LogP contribution in [-0.4, -0.2) is 19.0 Å². The largest absolute Gasteiger partial charge is 0.326 e. The summed E-state index contributed by atoms with van der Waals surface area (Å²) < 4.78 is 0. The molecule has 4 nitrogen and oxygen atoms in total. The minimum Gasteiger partial charge on any atom is -0.326 e. The predicted molar refractivity (Wildman–Crippen MR) is 66.7 cm³/mol. The van der Waals surface area contributed by atoms with Crippen molar-refractivity contribution in [2.75, 3.05) is 18.4 Å². The van der Waals surface area contributed by atoms with E-state index in [2.05, 4.69) is 16.7 Å². The van der Waals surface area contributed by atoms with Gasteiger partial charge in [-0.3, -0.25) is 4.79 Å². The quantitative estimate of drug-likeness (QED) is 0.705. The summed E-state index contributed by atoms with van der Waals surface area (Å²) in [5, 5.41) is 6.13. The van der Waals surface area contributed by atoms with E-state index >= 15 is 0 Å². The number of nitrogens with two attached hydrogens (primary N) is 1. The molecule has 0 bridgehead atoms. The normalized spacial score (nSPS) is 21.4. The standard InChI is InChI=1S/C13H17N3O/c14-13(10-6-15-7-10)9-1-3-11-8(5-9)2-4-12(17)16-11/h1,3,5,10,13,15H,2,4,6-7,14H2,(H,16,17). The highest BCUT2D eigenvalue weighted by atomic mass is 16.1. The van der Waals surface area contributed by atoms with Gasteiger partial charge in [0.15, 0.2) is 0 Å². The van der Waals surface area contributed by atoms with Crippen molar-refractivity contribution >= 4 is 11.6 Å². The summed E-state index contributed by atoms with van der Waals surface area (Å²) in [6.07, 6.45) is 1.40. The van der Waals surface area contributed by atoms with Gasteiger partial charge in [-0.05, 0) is 23.6 Å². The molecule has 4 N–H and O–H groups in total. The molecule has 0 saturated carbocycles. The molecule has 1 amide bonds. The zero-order valence-corrected chi connectivity index (χ0v) is 9.70. The van der Waals surface area contributed by atoms with Gasteiger partial charge in [0.1, 0.15) is 0 Å². The Kier molecular flexibility index (Phi) is 2.61. The van der Waals surface area contributed by atoms with Crippen LogP contribution in [0.1, 0.15) is 23.6 Å². The van der Waals surface area contributed by atoms with E-state index in [1.807, 2.05) is 12.1 Å². The summed E-state index contributed by atoms with van der Waals surface area (Å²) in [7, 11) is 0. The lowest BCUT2D eigenvalue weighted by Gasteiger charge is -2.33. The van der Waals surface area contributed by atoms with E-state index in [0.717, 1.165) is 25.2 Å². The Morgan fingerprint density at radius 3 is 2.82 bits per heavy atom. The third-order valence-electron chi connectivity index (χ3n) is 3.73. The number of fused-ring (bicyclic) bond motifs is 1. The Hall–Kier alpha value is -1.39. The average molecular weight is 231 g/mol. The minimum atomic E-state index is 0.109. The fraction of sp³-hybridized carbons (Fsp3) is 0.462. The van der Waals surface area contributed by atoms with Crippen LogP contribution in [0.2, 0.25) is 0 Å². The monoisotopic (exact) mass is 231 g/mol. The zero-order chi connectivity index (χ0) is 11.8. The topological polar surface area (TPSA) is 67.2 Å². The van der Waals surface area contributed by atoms with Crippen LogP contribution >= 0.6 is 0 Å². The van der Waals surface area contributed by atoms with Gasteiger partial charge >= 0.3 is 0 Å². The maximum Gasteiger partial charge on any atom is 0.224 e. The molecule has 2 aliphatic rings. The molecular weight excluding hydrogens is 214 g/mol. The summed E-state index contributed by atoms with van der Waals surface area (Å²) >= 11 is 0. The van der Waals surface area contributed by atoms with Crippen molar-refractivity contribution in [2.45, 2.75) is 18.9 Å². The van der Waals surface area contributed by atoms with Crippen LogP contribution in [-0.2, 0) is 11.2 Å². The summed E-state index contributed by atoms with van der Waals surface area (Å²) in [6, 6.07) is 6.28. The maximum absolute atomic E-state index is 11.3. The highest BCUT2D eigenvalue weighted by molar-refractivity contribution is 5.93. The number of carbonyl (C=O) groups is 1. The molecule has 1 aromatic carbocycles. The van der Waals surface area contributed by atoms with Crippen molar-refractivity contribution in [2.24, 2.45) is 11.7 Å². The number of nitrogens with one attached hydrogen (secondary N) is 2. The molecule has 1 aromatic rings. The molecular formula is C13H17N3O. The first kappa shape index (κ1) is 10.7. The van der Waals surface area contributed by atoms with Gasteiger partial charge in [0.2, 0.25) is 5.91 Å². The fourth-order valence-electron chi connectivity index (χ4n) is 2.45. The van der Waals surface area contributed by atoms with E-state index in [4.69, 9.17) is 5.73 Å². The Labute approximate surface area is 101 Å². The molecule has 0 aromatic heterocycles. The second kappa shape index (κ2) is 4.13. The molecule has 0 aliphatic carbocycles. The number of anilines is 1. The number of amides is 1. The average Bonchev–Trinajstić information content (AvgIpc) is 2.26. The lowest BCUT2D eigenvalue weighted by atomic mass is 9.87. The molecule has 4 heteroatoms. The van der Waals surface area contributed by atoms with E-state index in [1.54, 1.807) is 0 Å². The van der Waals surface area contributed by atoms with Gasteiger partial charge in [-0.25, -0.2) is 0 Å². The van der Waals surface area contributed by atoms with Crippen LogP contribution in [0.4, 0.5) is 5.69 Å². The van der Waals surface area contributed by atoms with E-state index in [9.17, 15) is 4.79 Å². The third kappa shape index (κ3) is 1.94. The molecule has 90 valence electrons. The summed E-state index contributed by atoms with van der Waals surface area (Å²) in [6.45, 7) is 2.02. The first-order chi connectivity index (χ1) is 8.24. The predicted octanol–water partition coefficient (Wildman–Crippen LogP) is 0.790. The van der Waals surface area contributed by atoms with Crippen LogP contribution in [0, 0.1) is 5.92 Å². The molecule has 2 aliphatic heterocycles. The minimum absolute atomic E-state index is 0.109. The summed E-state index contributed by atoms with van der Waals surface area (Å²) in [4.78, 5) is 11.3. The van der Waals surface area contributed by atoms with Crippen LogP contribution < -0.4 is 16.4 Å². The molecule has 1 atom stereocenters. The number of hydrogen-bond acceptors (Lipinski definition) is 3. The van der Waals surface area contributed by atoms with Gasteiger partial charge in [-0.2, -0.15) is 0 Å². The summed E-state index contributed by atoms with van der Waals surface area (Å²) in [5.74, 6) is 0.656. The van der Waals surface area contributed by atoms with Gasteiger partial charge in [-0.1, -0.05) is 12.1 Å². The Balaban J connectivity index is 1.85. The maximum atomic E-state index is 11.3.